The molecule has 0 aliphatic rings. The zero-order valence-corrected chi connectivity index (χ0v) is 7.85. The number of nitrogens with one attached hydrogen (secondary N) is 1. The van der Waals surface area contributed by atoms with Crippen LogP contribution in [0.2, 0.25) is 0 Å². The summed E-state index contributed by atoms with van der Waals surface area (Å²) in [6.45, 7) is 0.0958. The van der Waals surface area contributed by atoms with Gasteiger partial charge in [0, 0.05) is 12.8 Å². The fraction of sp³-hybridized carbons (Fsp3) is 0.250. The van der Waals surface area contributed by atoms with E-state index < -0.39 is 0 Å². The van der Waals surface area contributed by atoms with E-state index in [0.717, 1.165) is 16.9 Å². The van der Waals surface area contributed by atoms with Crippen LogP contribution in [0, 0.1) is 5.41 Å². The molecule has 6 nitrogen and oxygen atoms in total. The van der Waals surface area contributed by atoms with Crippen molar-refractivity contribution in [3.8, 4) is 0 Å². The molecule has 7 N–H and O–H groups in total. The van der Waals surface area contributed by atoms with E-state index >= 15 is 0 Å². The average molecular weight is 197 g/mol. The van der Waals surface area contributed by atoms with Crippen LogP contribution in [0.25, 0.3) is 0 Å². The van der Waals surface area contributed by atoms with E-state index in [1.54, 1.807) is 18.3 Å². The summed E-state index contributed by atoms with van der Waals surface area (Å²) in [5, 5.41) is 16.7. The topological polar surface area (TPSA) is 121 Å². The van der Waals surface area contributed by atoms with Gasteiger partial charge in [0.1, 0.15) is 12.2 Å². The van der Waals surface area contributed by atoms with Crippen LogP contribution >= 0.6 is 0 Å². The standard InChI is InChI=1S/C8H12N4O.H3N/c9-6-12(10)8-5-7(2-4-13)1-3-11-8;/h1,3,5-6,9,13H,2,4,10H2;1H3. The molecule has 0 saturated heterocycles. The van der Waals surface area contributed by atoms with Crippen molar-refractivity contribution in [3.05, 3.63) is 23.9 Å². The first-order valence-electron chi connectivity index (χ1n) is 3.88. The summed E-state index contributed by atoms with van der Waals surface area (Å²) in [7, 11) is 0. The molecule has 1 aromatic rings. The van der Waals surface area contributed by atoms with E-state index in [2.05, 4.69) is 4.98 Å². The highest BCUT2D eigenvalue weighted by atomic mass is 16.2. The number of aliphatic hydroxyl groups is 1. The fourth-order valence-electron chi connectivity index (χ4n) is 0.953. The van der Waals surface area contributed by atoms with Gasteiger partial charge in [-0.25, -0.2) is 10.8 Å². The summed E-state index contributed by atoms with van der Waals surface area (Å²) in [4.78, 5) is 3.96. The molecule has 6 heteroatoms. The molecule has 0 spiro atoms. The van der Waals surface area contributed by atoms with Crippen molar-refractivity contribution in [1.29, 1.82) is 5.41 Å². The summed E-state index contributed by atoms with van der Waals surface area (Å²) in [6, 6.07) is 3.54. The molecule has 1 aromatic heterocycles. The number of anilines is 1. The number of rotatable bonds is 4. The maximum atomic E-state index is 8.70. The Hall–Kier alpha value is -1.50. The van der Waals surface area contributed by atoms with Gasteiger partial charge >= 0.3 is 0 Å². The van der Waals surface area contributed by atoms with Crippen molar-refractivity contribution in [3.63, 3.8) is 0 Å². The maximum absolute atomic E-state index is 8.70. The molecular weight excluding hydrogens is 182 g/mol. The van der Waals surface area contributed by atoms with Gasteiger partial charge in [0.25, 0.3) is 0 Å². The minimum atomic E-state index is 0. The molecule has 0 saturated carbocycles. The highest BCUT2D eigenvalue weighted by molar-refractivity contribution is 5.73. The van der Waals surface area contributed by atoms with E-state index in [9.17, 15) is 0 Å². The molecule has 14 heavy (non-hydrogen) atoms. The second-order valence-corrected chi connectivity index (χ2v) is 2.53. The Morgan fingerprint density at radius 3 is 2.93 bits per heavy atom. The van der Waals surface area contributed by atoms with E-state index in [-0.39, 0.29) is 12.8 Å². The minimum Gasteiger partial charge on any atom is -0.396 e. The van der Waals surface area contributed by atoms with E-state index in [4.69, 9.17) is 16.4 Å². The van der Waals surface area contributed by atoms with Gasteiger partial charge in [0.2, 0.25) is 0 Å². The maximum Gasteiger partial charge on any atom is 0.148 e. The number of pyridine rings is 1. The molecule has 1 heterocycles. The summed E-state index contributed by atoms with van der Waals surface area (Å²) >= 11 is 0. The number of nitrogens with two attached hydrogens (primary N) is 1. The van der Waals surface area contributed by atoms with E-state index in [0.29, 0.717) is 12.2 Å². The van der Waals surface area contributed by atoms with Crippen LogP contribution in [0.15, 0.2) is 18.3 Å². The molecule has 0 radical (unpaired) electrons. The predicted molar refractivity (Wildman–Crippen MR) is 55.5 cm³/mol. The number of nitrogens with zero attached hydrogens (tertiary/aromatic N) is 2. The second kappa shape index (κ2) is 6.03. The van der Waals surface area contributed by atoms with Crippen LogP contribution < -0.4 is 17.0 Å². The van der Waals surface area contributed by atoms with Gasteiger partial charge in [-0.05, 0) is 24.1 Å². The fourth-order valence-corrected chi connectivity index (χ4v) is 0.953. The normalized spacial score (nSPS) is 9.00. The molecule has 1 rings (SSSR count). The largest absolute Gasteiger partial charge is 0.396 e. The van der Waals surface area contributed by atoms with Gasteiger partial charge in [0.15, 0.2) is 0 Å². The molecule has 0 bridgehead atoms. The molecular formula is C8H15N5O. The summed E-state index contributed by atoms with van der Waals surface area (Å²) in [6.07, 6.45) is 3.15. The van der Waals surface area contributed by atoms with E-state index in [1.165, 1.54) is 0 Å². The Kier molecular flexibility index (Phi) is 5.38. The van der Waals surface area contributed by atoms with Crippen molar-refractivity contribution in [2.24, 2.45) is 5.84 Å². The Balaban J connectivity index is 0.00000169. The lowest BCUT2D eigenvalue weighted by atomic mass is 10.2. The predicted octanol–water partition coefficient (Wildman–Crippen LogP) is 0.0656. The third-order valence-electron chi connectivity index (χ3n) is 1.61. The zero-order valence-electron chi connectivity index (χ0n) is 7.85. The molecule has 78 valence electrons. The number of aliphatic hydroxyl groups excluding tert-OH is 1. The first kappa shape index (κ1) is 12.5. The first-order chi connectivity index (χ1) is 6.27. The number of hydrazine groups is 1. The van der Waals surface area contributed by atoms with Crippen LogP contribution in [0.5, 0.6) is 0 Å². The van der Waals surface area contributed by atoms with Crippen molar-refractivity contribution in [1.82, 2.24) is 11.1 Å². The molecule has 0 aromatic carbocycles. The van der Waals surface area contributed by atoms with Crippen molar-refractivity contribution >= 4 is 12.2 Å². The summed E-state index contributed by atoms with van der Waals surface area (Å²) in [5.41, 5.74) is 0.949. The van der Waals surface area contributed by atoms with Gasteiger partial charge in [-0.15, -0.1) is 0 Å². The van der Waals surface area contributed by atoms with Gasteiger partial charge in [0.05, 0.1) is 0 Å². The molecule has 0 unspecified atom stereocenters. The Morgan fingerprint density at radius 2 is 2.36 bits per heavy atom. The van der Waals surface area contributed by atoms with Crippen LogP contribution in [-0.4, -0.2) is 23.0 Å². The monoisotopic (exact) mass is 197 g/mol. The number of hydrogen-bond donors (Lipinski definition) is 4. The number of aromatic nitrogens is 1. The second-order valence-electron chi connectivity index (χ2n) is 2.53. The molecule has 0 atom stereocenters. The Bertz CT molecular complexity index is 291. The van der Waals surface area contributed by atoms with Crippen LogP contribution in [0.3, 0.4) is 0 Å². The smallest absolute Gasteiger partial charge is 0.148 e. The molecule has 0 amide bonds. The highest BCUT2D eigenvalue weighted by Crippen LogP contribution is 2.08. The molecule has 0 fully saturated rings. The molecule has 0 aliphatic heterocycles. The number of hydrogen-bond acceptors (Lipinski definition) is 5. The lowest BCUT2D eigenvalue weighted by Gasteiger charge is -2.10. The molecule has 0 aliphatic carbocycles. The summed E-state index contributed by atoms with van der Waals surface area (Å²) in [5.74, 6) is 5.93. The Labute approximate surface area is 82.4 Å². The van der Waals surface area contributed by atoms with Gasteiger partial charge in [-0.2, -0.15) is 0 Å². The first-order valence-corrected chi connectivity index (χ1v) is 3.88. The van der Waals surface area contributed by atoms with Crippen LogP contribution in [0.1, 0.15) is 5.56 Å². The third-order valence-corrected chi connectivity index (χ3v) is 1.61. The van der Waals surface area contributed by atoms with Gasteiger partial charge in [-0.3, -0.25) is 10.4 Å². The SMILES string of the molecule is N.N=CN(N)c1cc(CCO)ccn1. The van der Waals surface area contributed by atoms with Gasteiger partial charge < -0.3 is 11.3 Å². The zero-order chi connectivity index (χ0) is 9.68. The highest BCUT2D eigenvalue weighted by Gasteiger charge is 2.00. The quantitative estimate of drug-likeness (QED) is 0.235. The van der Waals surface area contributed by atoms with Crippen molar-refractivity contribution < 1.29 is 5.11 Å². The minimum absolute atomic E-state index is 0. The van der Waals surface area contributed by atoms with Crippen LogP contribution in [-0.2, 0) is 6.42 Å². The lowest BCUT2D eigenvalue weighted by Crippen LogP contribution is -2.29. The van der Waals surface area contributed by atoms with Crippen LogP contribution in [0.4, 0.5) is 5.82 Å². The van der Waals surface area contributed by atoms with E-state index in [1.807, 2.05) is 0 Å². The van der Waals surface area contributed by atoms with Crippen molar-refractivity contribution in [2.45, 2.75) is 6.42 Å². The van der Waals surface area contributed by atoms with Crippen molar-refractivity contribution in [2.75, 3.05) is 11.6 Å². The van der Waals surface area contributed by atoms with Gasteiger partial charge in [-0.1, -0.05) is 0 Å². The average Bonchev–Trinajstić information content (AvgIpc) is 2.18. The Morgan fingerprint density at radius 1 is 1.64 bits per heavy atom. The third kappa shape index (κ3) is 3.09. The lowest BCUT2D eigenvalue weighted by molar-refractivity contribution is 0.299. The summed E-state index contributed by atoms with van der Waals surface area (Å²) < 4.78 is 0.